The second-order valence-electron chi connectivity index (χ2n) is 14.1. The van der Waals surface area contributed by atoms with Crippen molar-refractivity contribution in [3.8, 4) is 0 Å². The Morgan fingerprint density at radius 1 is 1.03 bits per heavy atom. The molecule has 0 radical (unpaired) electrons. The van der Waals surface area contributed by atoms with Crippen LogP contribution in [0.1, 0.15) is 85.5 Å². The second-order valence-corrected chi connectivity index (χ2v) is 15.8. The van der Waals surface area contributed by atoms with E-state index < -0.39 is 27.6 Å². The molecule has 1 aliphatic heterocycles. The number of aliphatic hydroxyl groups is 3. The molecule has 0 aromatic heterocycles. The quantitative estimate of drug-likeness (QED) is 0.370. The summed E-state index contributed by atoms with van der Waals surface area (Å²) in [7, 11) is -4.09. The third kappa shape index (κ3) is 4.38. The van der Waals surface area contributed by atoms with Crippen LogP contribution in [0, 0.1) is 52.3 Å². The monoisotopic (exact) mass is 555 g/mol. The van der Waals surface area contributed by atoms with Crippen LogP contribution in [-0.2, 0) is 14.9 Å². The molecule has 0 aromatic carbocycles. The topological polar surface area (TPSA) is 135 Å². The van der Waals surface area contributed by atoms with Crippen LogP contribution in [0.2, 0.25) is 0 Å². The number of likely N-dealkylation sites (tertiary alicyclic amines) is 1. The molecule has 12 atom stereocenters. The molecule has 4 N–H and O–H groups in total. The molecule has 0 aromatic rings. The molecular formula is C29H49NO7S. The van der Waals surface area contributed by atoms with Gasteiger partial charge in [-0.25, -0.2) is 0 Å². The molecule has 0 unspecified atom stereocenters. The minimum absolute atomic E-state index is 0.0271. The predicted molar refractivity (Wildman–Crippen MR) is 143 cm³/mol. The van der Waals surface area contributed by atoms with Crippen LogP contribution in [0.25, 0.3) is 0 Å². The Hall–Kier alpha value is -0.740. The smallest absolute Gasteiger partial charge is 0.271 e. The van der Waals surface area contributed by atoms with Crippen molar-refractivity contribution in [3.05, 3.63) is 0 Å². The van der Waals surface area contributed by atoms with Gasteiger partial charge < -0.3 is 20.2 Å². The van der Waals surface area contributed by atoms with E-state index in [0.29, 0.717) is 19.3 Å². The van der Waals surface area contributed by atoms with Gasteiger partial charge in [0, 0.05) is 19.5 Å². The molecular weight excluding hydrogens is 506 g/mol. The molecule has 5 rings (SSSR count). The Balaban J connectivity index is 1.30. The Bertz CT molecular complexity index is 1010. The van der Waals surface area contributed by atoms with Gasteiger partial charge >= 0.3 is 0 Å². The van der Waals surface area contributed by atoms with E-state index in [9.17, 15) is 28.5 Å². The van der Waals surface area contributed by atoms with Crippen LogP contribution in [0.3, 0.4) is 0 Å². The first kappa shape index (κ1) is 28.8. The van der Waals surface area contributed by atoms with E-state index in [2.05, 4.69) is 27.7 Å². The standard InChI is InChI=1S/C29H49NO7S/c1-5-19-22-12-17(31)10-11-28(22,3)23-13-24(32)29(4)20(7-8-21(29)26(23)27(19)34)16(2)6-9-25(33)30-14-18(15-30)38(35,36)37/h16-24,26-27,31-32,34H,5-15H2,1-4H3,(H,35,36,37)/t16-,17-,19-,20-,21+,22+,23+,24+,26+,27-,28+,29-/m1/s1. The highest BCUT2D eigenvalue weighted by Gasteiger charge is 2.67. The lowest BCUT2D eigenvalue weighted by atomic mass is 9.41. The van der Waals surface area contributed by atoms with Crippen molar-refractivity contribution >= 4 is 16.0 Å². The van der Waals surface area contributed by atoms with E-state index in [1.807, 2.05) is 0 Å². The lowest BCUT2D eigenvalue weighted by molar-refractivity contribution is -0.228. The molecule has 4 saturated carbocycles. The number of fused-ring (bicyclic) bond motifs is 5. The largest absolute Gasteiger partial charge is 0.393 e. The van der Waals surface area contributed by atoms with Gasteiger partial charge in [-0.15, -0.1) is 0 Å². The van der Waals surface area contributed by atoms with Gasteiger partial charge in [-0.2, -0.15) is 8.42 Å². The van der Waals surface area contributed by atoms with Crippen LogP contribution in [0.15, 0.2) is 0 Å². The number of amides is 1. The fourth-order valence-corrected chi connectivity index (χ4v) is 11.2. The number of nitrogens with zero attached hydrogens (tertiary/aromatic N) is 1. The lowest BCUT2D eigenvalue weighted by Gasteiger charge is -2.65. The summed E-state index contributed by atoms with van der Waals surface area (Å²) in [6.45, 7) is 9.06. The van der Waals surface area contributed by atoms with Crippen LogP contribution >= 0.6 is 0 Å². The summed E-state index contributed by atoms with van der Waals surface area (Å²) in [4.78, 5) is 14.2. The lowest BCUT2D eigenvalue weighted by Crippen LogP contribution is -2.65. The fraction of sp³-hybridized carbons (Fsp3) is 0.966. The maximum atomic E-state index is 12.7. The van der Waals surface area contributed by atoms with Crippen LogP contribution in [-0.4, -0.2) is 75.7 Å². The summed E-state index contributed by atoms with van der Waals surface area (Å²) in [6, 6.07) is 0. The number of hydrogen-bond acceptors (Lipinski definition) is 6. The molecule has 9 heteroatoms. The van der Waals surface area contributed by atoms with Gasteiger partial charge in [0.25, 0.3) is 10.1 Å². The summed E-state index contributed by atoms with van der Waals surface area (Å²) in [6.07, 6.45) is 5.92. The zero-order valence-electron chi connectivity index (χ0n) is 23.5. The Morgan fingerprint density at radius 3 is 2.34 bits per heavy atom. The normalized spacial score (nSPS) is 48.0. The maximum Gasteiger partial charge on any atom is 0.271 e. The third-order valence-electron chi connectivity index (χ3n) is 12.7. The summed E-state index contributed by atoms with van der Waals surface area (Å²) < 4.78 is 31.7. The summed E-state index contributed by atoms with van der Waals surface area (Å²) in [5, 5.41) is 33.3. The van der Waals surface area contributed by atoms with Crippen molar-refractivity contribution in [2.75, 3.05) is 13.1 Å². The van der Waals surface area contributed by atoms with Crippen molar-refractivity contribution in [3.63, 3.8) is 0 Å². The van der Waals surface area contributed by atoms with Gasteiger partial charge in [0.05, 0.1) is 18.3 Å². The molecule has 1 saturated heterocycles. The molecule has 5 aliphatic rings. The summed E-state index contributed by atoms with van der Waals surface area (Å²) in [5.41, 5.74) is -0.285. The molecule has 1 heterocycles. The van der Waals surface area contributed by atoms with Gasteiger partial charge in [-0.3, -0.25) is 9.35 Å². The number of rotatable bonds is 6. The second kappa shape index (κ2) is 9.97. The molecule has 218 valence electrons. The minimum atomic E-state index is -4.09. The third-order valence-corrected chi connectivity index (χ3v) is 13.8. The zero-order chi connectivity index (χ0) is 27.8. The number of aliphatic hydroxyl groups excluding tert-OH is 3. The van der Waals surface area contributed by atoms with Gasteiger partial charge in [-0.05, 0) is 97.2 Å². The maximum absolute atomic E-state index is 12.7. The van der Waals surface area contributed by atoms with E-state index in [1.165, 1.54) is 4.90 Å². The predicted octanol–water partition coefficient (Wildman–Crippen LogP) is 3.10. The van der Waals surface area contributed by atoms with Crippen molar-refractivity contribution in [1.82, 2.24) is 4.90 Å². The number of carbonyl (C=O) groups is 1. The van der Waals surface area contributed by atoms with Gasteiger partial charge in [0.1, 0.15) is 5.25 Å². The van der Waals surface area contributed by atoms with Gasteiger partial charge in [0.15, 0.2) is 0 Å². The number of carbonyl (C=O) groups excluding carboxylic acids is 1. The van der Waals surface area contributed by atoms with Crippen LogP contribution in [0.4, 0.5) is 0 Å². The van der Waals surface area contributed by atoms with Crippen LogP contribution in [0.5, 0.6) is 0 Å². The Kier molecular flexibility index (Phi) is 7.55. The highest BCUT2D eigenvalue weighted by molar-refractivity contribution is 7.86. The number of hydrogen-bond donors (Lipinski definition) is 4. The SMILES string of the molecule is CC[C@H]1[C@@H](O)[C@@H]2[C@H](C[C@H](O)[C@]3(C)[C@@H]([C@H](C)CCC(=O)N4CC(S(=O)(=O)O)C4)CC[C@@H]23)[C@@]2(C)CC[C@@H](O)C[C@@H]12. The van der Waals surface area contributed by atoms with E-state index in [0.717, 1.165) is 38.5 Å². The molecule has 8 nitrogen and oxygen atoms in total. The fourth-order valence-electron chi connectivity index (χ4n) is 10.4. The molecule has 1 amide bonds. The van der Waals surface area contributed by atoms with Crippen molar-refractivity contribution in [2.45, 2.75) is 109 Å². The van der Waals surface area contributed by atoms with Crippen LogP contribution < -0.4 is 0 Å². The van der Waals surface area contributed by atoms with E-state index >= 15 is 0 Å². The highest BCUT2D eigenvalue weighted by atomic mass is 32.2. The first-order chi connectivity index (χ1) is 17.7. The molecule has 0 spiro atoms. The first-order valence-corrected chi connectivity index (χ1v) is 16.5. The van der Waals surface area contributed by atoms with Crippen molar-refractivity contribution in [2.24, 2.45) is 52.3 Å². The Labute approximate surface area is 228 Å². The van der Waals surface area contributed by atoms with Gasteiger partial charge in [-0.1, -0.05) is 34.1 Å². The average molecular weight is 556 g/mol. The average Bonchev–Trinajstić information content (AvgIpc) is 3.16. The molecule has 38 heavy (non-hydrogen) atoms. The minimum Gasteiger partial charge on any atom is -0.393 e. The van der Waals surface area contributed by atoms with Crippen molar-refractivity contribution in [1.29, 1.82) is 0 Å². The molecule has 5 fully saturated rings. The first-order valence-electron chi connectivity index (χ1n) is 15.0. The van der Waals surface area contributed by atoms with Gasteiger partial charge in [0.2, 0.25) is 5.91 Å². The highest BCUT2D eigenvalue weighted by Crippen LogP contribution is 2.69. The van der Waals surface area contributed by atoms with Crippen molar-refractivity contribution < 1.29 is 33.1 Å². The Morgan fingerprint density at radius 2 is 1.71 bits per heavy atom. The zero-order valence-corrected chi connectivity index (χ0v) is 24.3. The van der Waals surface area contributed by atoms with E-state index in [-0.39, 0.29) is 77.4 Å². The summed E-state index contributed by atoms with van der Waals surface area (Å²) >= 11 is 0. The molecule has 0 bridgehead atoms. The molecule has 4 aliphatic carbocycles. The summed E-state index contributed by atoms with van der Waals surface area (Å²) in [5.74, 6) is 1.50. The van der Waals surface area contributed by atoms with E-state index in [1.54, 1.807) is 0 Å². The van der Waals surface area contributed by atoms with E-state index in [4.69, 9.17) is 4.55 Å².